The van der Waals surface area contributed by atoms with Crippen LogP contribution in [0.2, 0.25) is 0 Å². The first-order valence-electron chi connectivity index (χ1n) is 6.86. The zero-order valence-electron chi connectivity index (χ0n) is 10.9. The topological polar surface area (TPSA) is 24.5 Å². The Hall–Kier alpha value is -0.350. The second-order valence-electron chi connectivity index (χ2n) is 5.36. The van der Waals surface area contributed by atoms with Crippen molar-refractivity contribution in [1.82, 2.24) is 10.2 Å². The molecule has 2 heterocycles. The summed E-state index contributed by atoms with van der Waals surface area (Å²) in [6.07, 6.45) is 6.56. The number of thiocarbonyl (C=S) groups is 1. The van der Waals surface area contributed by atoms with Gasteiger partial charge in [0.25, 0.3) is 0 Å². The van der Waals surface area contributed by atoms with Crippen LogP contribution in [0.4, 0.5) is 0 Å². The molecular formula is C13H24N2OS. The van der Waals surface area contributed by atoms with E-state index in [1.807, 2.05) is 0 Å². The Balaban J connectivity index is 1.80. The van der Waals surface area contributed by atoms with E-state index in [0.29, 0.717) is 18.2 Å². The second-order valence-corrected chi connectivity index (χ2v) is 5.74. The lowest BCUT2D eigenvalue weighted by atomic mass is 9.98. The molecule has 2 fully saturated rings. The first kappa shape index (κ1) is 13.1. The molecule has 0 aromatic heterocycles. The second kappa shape index (κ2) is 6.01. The van der Waals surface area contributed by atoms with Crippen LogP contribution in [0, 0.1) is 0 Å². The summed E-state index contributed by atoms with van der Waals surface area (Å²) in [4.78, 5) is 2.37. The number of rotatable bonds is 2. The molecule has 2 aliphatic rings. The van der Waals surface area contributed by atoms with Gasteiger partial charge in [0.1, 0.15) is 0 Å². The molecule has 0 radical (unpaired) electrons. The number of piperidine rings is 1. The third-order valence-electron chi connectivity index (χ3n) is 3.93. The molecule has 2 rings (SSSR count). The quantitative estimate of drug-likeness (QED) is 0.766. The van der Waals surface area contributed by atoms with Crippen molar-refractivity contribution in [3.8, 4) is 0 Å². The lowest BCUT2D eigenvalue weighted by molar-refractivity contribution is 0.111. The van der Waals surface area contributed by atoms with Crippen LogP contribution in [0.25, 0.3) is 0 Å². The van der Waals surface area contributed by atoms with E-state index in [-0.39, 0.29) is 0 Å². The normalized spacial score (nSPS) is 33.8. The number of hydrogen-bond donors (Lipinski definition) is 1. The van der Waals surface area contributed by atoms with Crippen molar-refractivity contribution in [1.29, 1.82) is 0 Å². The summed E-state index contributed by atoms with van der Waals surface area (Å²) in [5.74, 6) is 0. The highest BCUT2D eigenvalue weighted by Crippen LogP contribution is 2.22. The van der Waals surface area contributed by atoms with Gasteiger partial charge in [-0.1, -0.05) is 0 Å². The van der Waals surface area contributed by atoms with E-state index in [1.54, 1.807) is 0 Å². The SMILES string of the molecule is CC1CCCC(C)N1C(=S)NCC1CCCO1. The van der Waals surface area contributed by atoms with Gasteiger partial charge in [-0.3, -0.25) is 0 Å². The number of hydrogen-bond acceptors (Lipinski definition) is 2. The Bertz CT molecular complexity index is 256. The minimum atomic E-state index is 0.364. The average Bonchev–Trinajstić information content (AvgIpc) is 2.79. The monoisotopic (exact) mass is 256 g/mol. The Labute approximate surface area is 110 Å². The van der Waals surface area contributed by atoms with E-state index < -0.39 is 0 Å². The molecule has 0 saturated carbocycles. The molecule has 2 aliphatic heterocycles. The summed E-state index contributed by atoms with van der Waals surface area (Å²) >= 11 is 5.52. The average molecular weight is 256 g/mol. The van der Waals surface area contributed by atoms with Crippen molar-refractivity contribution >= 4 is 17.3 Å². The van der Waals surface area contributed by atoms with Crippen LogP contribution < -0.4 is 5.32 Å². The zero-order valence-corrected chi connectivity index (χ0v) is 11.8. The van der Waals surface area contributed by atoms with Crippen LogP contribution in [0.15, 0.2) is 0 Å². The number of ether oxygens (including phenoxy) is 1. The van der Waals surface area contributed by atoms with Crippen LogP contribution in [-0.2, 0) is 4.74 Å². The summed E-state index contributed by atoms with van der Waals surface area (Å²) in [6.45, 7) is 6.33. The highest BCUT2D eigenvalue weighted by molar-refractivity contribution is 7.80. The number of likely N-dealkylation sites (tertiary alicyclic amines) is 1. The van der Waals surface area contributed by atoms with Gasteiger partial charge in [-0.05, 0) is 58.2 Å². The Morgan fingerprint density at radius 1 is 1.24 bits per heavy atom. The number of nitrogens with one attached hydrogen (secondary N) is 1. The van der Waals surface area contributed by atoms with Gasteiger partial charge in [0.2, 0.25) is 0 Å². The minimum Gasteiger partial charge on any atom is -0.376 e. The van der Waals surface area contributed by atoms with Crippen LogP contribution in [0.5, 0.6) is 0 Å². The van der Waals surface area contributed by atoms with Gasteiger partial charge in [-0.15, -0.1) is 0 Å². The first-order chi connectivity index (χ1) is 8.18. The van der Waals surface area contributed by atoms with Gasteiger partial charge in [0, 0.05) is 25.2 Å². The molecule has 98 valence electrons. The summed E-state index contributed by atoms with van der Waals surface area (Å²) < 4.78 is 5.60. The molecule has 3 nitrogen and oxygen atoms in total. The molecule has 0 aliphatic carbocycles. The standard InChI is InChI=1S/C13H24N2OS/c1-10-5-3-6-11(2)15(10)13(17)14-9-12-7-4-8-16-12/h10-12H,3-9H2,1-2H3,(H,14,17). The maximum atomic E-state index is 5.60. The Kier molecular flexibility index (Phi) is 4.62. The predicted molar refractivity (Wildman–Crippen MR) is 74.2 cm³/mol. The molecular weight excluding hydrogens is 232 g/mol. The Morgan fingerprint density at radius 3 is 2.53 bits per heavy atom. The van der Waals surface area contributed by atoms with Crippen molar-refractivity contribution < 1.29 is 4.74 Å². The van der Waals surface area contributed by atoms with E-state index in [9.17, 15) is 0 Å². The van der Waals surface area contributed by atoms with E-state index in [0.717, 1.165) is 18.3 Å². The van der Waals surface area contributed by atoms with Gasteiger partial charge >= 0.3 is 0 Å². The van der Waals surface area contributed by atoms with E-state index >= 15 is 0 Å². The van der Waals surface area contributed by atoms with E-state index in [4.69, 9.17) is 17.0 Å². The third-order valence-corrected chi connectivity index (χ3v) is 4.29. The molecule has 1 N–H and O–H groups in total. The van der Waals surface area contributed by atoms with Crippen LogP contribution in [0.1, 0.15) is 46.0 Å². The highest BCUT2D eigenvalue weighted by atomic mass is 32.1. The lowest BCUT2D eigenvalue weighted by Gasteiger charge is -2.41. The largest absolute Gasteiger partial charge is 0.376 e. The molecule has 4 heteroatoms. The molecule has 0 bridgehead atoms. The van der Waals surface area contributed by atoms with Gasteiger partial charge in [-0.25, -0.2) is 0 Å². The summed E-state index contributed by atoms with van der Waals surface area (Å²) in [7, 11) is 0. The summed E-state index contributed by atoms with van der Waals surface area (Å²) in [6, 6.07) is 1.14. The fourth-order valence-corrected chi connectivity index (χ4v) is 3.36. The molecule has 0 aromatic carbocycles. The summed E-state index contributed by atoms with van der Waals surface area (Å²) in [5.41, 5.74) is 0. The molecule has 2 saturated heterocycles. The van der Waals surface area contributed by atoms with Crippen molar-refractivity contribution in [2.24, 2.45) is 0 Å². The van der Waals surface area contributed by atoms with E-state index in [2.05, 4.69) is 24.1 Å². The van der Waals surface area contributed by atoms with E-state index in [1.165, 1.54) is 32.1 Å². The zero-order chi connectivity index (χ0) is 12.3. The van der Waals surface area contributed by atoms with Crippen LogP contribution >= 0.6 is 12.2 Å². The fraction of sp³-hybridized carbons (Fsp3) is 0.923. The molecule has 0 aromatic rings. The molecule has 3 unspecified atom stereocenters. The molecule has 0 amide bonds. The van der Waals surface area contributed by atoms with Crippen molar-refractivity contribution in [2.75, 3.05) is 13.2 Å². The Morgan fingerprint density at radius 2 is 1.94 bits per heavy atom. The fourth-order valence-electron chi connectivity index (χ4n) is 2.92. The predicted octanol–water partition coefficient (Wildman–Crippen LogP) is 2.30. The maximum absolute atomic E-state index is 5.60. The van der Waals surface area contributed by atoms with Crippen LogP contribution in [-0.4, -0.2) is 41.4 Å². The third kappa shape index (κ3) is 3.32. The molecule has 17 heavy (non-hydrogen) atoms. The van der Waals surface area contributed by atoms with Crippen molar-refractivity contribution in [3.63, 3.8) is 0 Å². The van der Waals surface area contributed by atoms with Crippen LogP contribution in [0.3, 0.4) is 0 Å². The minimum absolute atomic E-state index is 0.364. The van der Waals surface area contributed by atoms with Gasteiger partial charge in [0.15, 0.2) is 5.11 Å². The number of nitrogens with zero attached hydrogens (tertiary/aromatic N) is 1. The van der Waals surface area contributed by atoms with Crippen molar-refractivity contribution in [3.05, 3.63) is 0 Å². The maximum Gasteiger partial charge on any atom is 0.169 e. The summed E-state index contributed by atoms with van der Waals surface area (Å²) in [5, 5.41) is 4.30. The van der Waals surface area contributed by atoms with Gasteiger partial charge in [-0.2, -0.15) is 0 Å². The van der Waals surface area contributed by atoms with Gasteiger partial charge < -0.3 is 15.0 Å². The smallest absolute Gasteiger partial charge is 0.169 e. The van der Waals surface area contributed by atoms with Crippen molar-refractivity contribution in [2.45, 2.75) is 64.1 Å². The molecule has 3 atom stereocenters. The lowest BCUT2D eigenvalue weighted by Crippen LogP contribution is -2.52. The highest BCUT2D eigenvalue weighted by Gasteiger charge is 2.27. The first-order valence-corrected chi connectivity index (χ1v) is 7.27. The molecule has 0 spiro atoms. The van der Waals surface area contributed by atoms with Gasteiger partial charge in [0.05, 0.1) is 6.10 Å².